The van der Waals surface area contributed by atoms with Crippen molar-refractivity contribution >= 4 is 0 Å². The highest BCUT2D eigenvalue weighted by Crippen LogP contribution is 2.01. The van der Waals surface area contributed by atoms with Crippen molar-refractivity contribution in [2.45, 2.75) is 12.2 Å². The van der Waals surface area contributed by atoms with Crippen molar-refractivity contribution in [3.8, 4) is 0 Å². The van der Waals surface area contributed by atoms with Gasteiger partial charge in [-0.3, -0.25) is 0 Å². The molecule has 0 atom stereocenters. The summed E-state index contributed by atoms with van der Waals surface area (Å²) in [5.74, 6) is 0. The highest BCUT2D eigenvalue weighted by atomic mass is 16.6. The van der Waals surface area contributed by atoms with E-state index in [0.29, 0.717) is 26.4 Å². The lowest BCUT2D eigenvalue weighted by atomic mass is 10.3. The quantitative estimate of drug-likeness (QED) is 0.378. The Hall–Kier alpha value is -0.720. The van der Waals surface area contributed by atoms with Gasteiger partial charge in [0, 0.05) is 0 Å². The molecule has 17 heavy (non-hydrogen) atoms. The van der Waals surface area contributed by atoms with Crippen molar-refractivity contribution in [2.75, 3.05) is 39.6 Å². The predicted molar refractivity (Wildman–Crippen MR) is 64.9 cm³/mol. The van der Waals surface area contributed by atoms with Gasteiger partial charge in [0.2, 0.25) is 0 Å². The number of rotatable bonds is 12. The lowest BCUT2D eigenvalue weighted by Gasteiger charge is -2.22. The normalized spacial score (nSPS) is 11.1. The van der Waals surface area contributed by atoms with Crippen LogP contribution in [0.5, 0.6) is 0 Å². The molecule has 0 aromatic carbocycles. The summed E-state index contributed by atoms with van der Waals surface area (Å²) in [6.07, 6.45) is 2.33. The Bertz CT molecular complexity index is 177. The average Bonchev–Trinajstić information content (AvgIpc) is 2.35. The van der Waals surface area contributed by atoms with Crippen molar-refractivity contribution < 1.29 is 24.4 Å². The van der Waals surface area contributed by atoms with Gasteiger partial charge in [0.05, 0.1) is 39.6 Å². The maximum absolute atomic E-state index is 8.92. The van der Waals surface area contributed by atoms with Gasteiger partial charge in [-0.2, -0.15) is 0 Å². The van der Waals surface area contributed by atoms with Crippen molar-refractivity contribution in [2.24, 2.45) is 0 Å². The molecular formula is C12H22O5. The largest absolute Gasteiger partial charge is 0.394 e. The van der Waals surface area contributed by atoms with Crippen LogP contribution in [-0.4, -0.2) is 62.1 Å². The Morgan fingerprint density at radius 3 is 1.71 bits per heavy atom. The van der Waals surface area contributed by atoms with Gasteiger partial charge in [0.15, 0.2) is 0 Å². The van der Waals surface area contributed by atoms with Crippen LogP contribution in [0.15, 0.2) is 25.3 Å². The van der Waals surface area contributed by atoms with E-state index in [4.69, 9.17) is 24.4 Å². The van der Waals surface area contributed by atoms with Gasteiger partial charge >= 0.3 is 0 Å². The molecule has 0 amide bonds. The summed E-state index contributed by atoms with van der Waals surface area (Å²) in [6.45, 7) is 8.07. The van der Waals surface area contributed by atoms with Crippen LogP contribution in [0.3, 0.4) is 0 Å². The molecule has 0 radical (unpaired) electrons. The minimum atomic E-state index is -0.611. The van der Waals surface area contributed by atoms with Crippen LogP contribution in [0.4, 0.5) is 0 Å². The molecule has 5 nitrogen and oxygen atoms in total. The van der Waals surface area contributed by atoms with Gasteiger partial charge < -0.3 is 24.4 Å². The first-order chi connectivity index (χ1) is 8.28. The van der Waals surface area contributed by atoms with E-state index in [-0.39, 0.29) is 19.3 Å². The third-order valence-corrected chi connectivity index (χ3v) is 1.87. The van der Waals surface area contributed by atoms with Gasteiger partial charge in [0.25, 0.3) is 0 Å². The maximum atomic E-state index is 8.92. The second-order valence-electron chi connectivity index (χ2n) is 3.40. The third kappa shape index (κ3) is 9.02. The fourth-order valence-electron chi connectivity index (χ4n) is 1.11. The zero-order valence-electron chi connectivity index (χ0n) is 10.1. The predicted octanol–water partition coefficient (Wildman–Crippen LogP) is 0.130. The van der Waals surface area contributed by atoms with Gasteiger partial charge in [-0.25, -0.2) is 0 Å². The van der Waals surface area contributed by atoms with Crippen molar-refractivity contribution in [3.63, 3.8) is 0 Å². The van der Waals surface area contributed by atoms with E-state index in [0.717, 1.165) is 0 Å². The number of aliphatic hydroxyl groups is 2. The van der Waals surface area contributed by atoms with Gasteiger partial charge in [-0.05, 0) is 0 Å². The lowest BCUT2D eigenvalue weighted by Crippen LogP contribution is -2.34. The molecule has 0 unspecified atom stereocenters. The topological polar surface area (TPSA) is 68.2 Å². The number of hydrogen-bond acceptors (Lipinski definition) is 5. The molecular weight excluding hydrogens is 224 g/mol. The number of aliphatic hydroxyl groups excluding tert-OH is 2. The van der Waals surface area contributed by atoms with Gasteiger partial charge in [-0.1, -0.05) is 12.2 Å². The SMILES string of the molecule is C=CCOCC(COCC=C)OC(CO)CO. The van der Waals surface area contributed by atoms with Crippen molar-refractivity contribution in [3.05, 3.63) is 25.3 Å². The zero-order valence-corrected chi connectivity index (χ0v) is 10.1. The minimum absolute atomic E-state index is 0.240. The zero-order chi connectivity index (χ0) is 12.9. The monoisotopic (exact) mass is 246 g/mol. The molecule has 0 heterocycles. The first-order valence-corrected chi connectivity index (χ1v) is 5.52. The summed E-state index contributed by atoms with van der Waals surface area (Å²) in [6, 6.07) is 0. The van der Waals surface area contributed by atoms with Crippen molar-refractivity contribution in [1.29, 1.82) is 0 Å². The molecule has 0 aliphatic carbocycles. The molecule has 0 aromatic rings. The molecule has 0 saturated heterocycles. The van der Waals surface area contributed by atoms with E-state index < -0.39 is 6.10 Å². The fraction of sp³-hybridized carbons (Fsp3) is 0.667. The van der Waals surface area contributed by atoms with Crippen LogP contribution < -0.4 is 0 Å². The molecule has 0 spiro atoms. The van der Waals surface area contributed by atoms with E-state index in [9.17, 15) is 0 Å². The molecule has 0 fully saturated rings. The third-order valence-electron chi connectivity index (χ3n) is 1.87. The van der Waals surface area contributed by atoms with Crippen LogP contribution in [0, 0.1) is 0 Å². The fourth-order valence-corrected chi connectivity index (χ4v) is 1.11. The molecule has 100 valence electrons. The Morgan fingerprint density at radius 1 is 0.882 bits per heavy atom. The Kier molecular flexibility index (Phi) is 11.3. The van der Waals surface area contributed by atoms with Gasteiger partial charge in [-0.15, -0.1) is 13.2 Å². The first kappa shape index (κ1) is 16.3. The molecule has 0 aromatic heterocycles. The van der Waals surface area contributed by atoms with E-state index in [1.54, 1.807) is 12.2 Å². The molecule has 0 bridgehead atoms. The van der Waals surface area contributed by atoms with E-state index >= 15 is 0 Å². The number of ether oxygens (including phenoxy) is 3. The molecule has 0 saturated carbocycles. The second-order valence-corrected chi connectivity index (χ2v) is 3.40. The highest BCUT2D eigenvalue weighted by Gasteiger charge is 2.16. The summed E-state index contributed by atoms with van der Waals surface area (Å²) >= 11 is 0. The standard InChI is InChI=1S/C12H22O5/c1-3-5-15-9-12(10-16-6-4-2)17-11(7-13)8-14/h3-4,11-14H,1-2,5-10H2. The highest BCUT2D eigenvalue weighted by molar-refractivity contribution is 4.68. The summed E-state index contributed by atoms with van der Waals surface area (Å²) in [5.41, 5.74) is 0. The van der Waals surface area contributed by atoms with E-state index in [2.05, 4.69) is 13.2 Å². The second kappa shape index (κ2) is 11.8. The van der Waals surface area contributed by atoms with Crippen LogP contribution in [0.25, 0.3) is 0 Å². The Labute approximate surface area is 102 Å². The summed E-state index contributed by atoms with van der Waals surface area (Å²) in [7, 11) is 0. The maximum Gasteiger partial charge on any atom is 0.105 e. The smallest absolute Gasteiger partial charge is 0.105 e. The molecule has 0 aliphatic rings. The van der Waals surface area contributed by atoms with Gasteiger partial charge in [0.1, 0.15) is 12.2 Å². The lowest BCUT2D eigenvalue weighted by molar-refractivity contribution is -0.111. The summed E-state index contributed by atoms with van der Waals surface area (Å²) < 4.78 is 15.9. The van der Waals surface area contributed by atoms with Crippen LogP contribution in [0.1, 0.15) is 0 Å². The average molecular weight is 246 g/mol. The van der Waals surface area contributed by atoms with E-state index in [1.807, 2.05) is 0 Å². The minimum Gasteiger partial charge on any atom is -0.394 e. The van der Waals surface area contributed by atoms with Crippen LogP contribution >= 0.6 is 0 Å². The molecule has 0 aliphatic heterocycles. The van der Waals surface area contributed by atoms with Crippen LogP contribution in [0.2, 0.25) is 0 Å². The number of hydrogen-bond donors (Lipinski definition) is 2. The van der Waals surface area contributed by atoms with Crippen LogP contribution in [-0.2, 0) is 14.2 Å². The van der Waals surface area contributed by atoms with Crippen molar-refractivity contribution in [1.82, 2.24) is 0 Å². The molecule has 2 N–H and O–H groups in total. The Balaban J connectivity index is 3.98. The molecule has 0 rings (SSSR count). The first-order valence-electron chi connectivity index (χ1n) is 5.52. The van der Waals surface area contributed by atoms with E-state index in [1.165, 1.54) is 0 Å². The summed E-state index contributed by atoms with van der Waals surface area (Å²) in [5, 5.41) is 17.8. The summed E-state index contributed by atoms with van der Waals surface area (Å²) in [4.78, 5) is 0. The molecule has 5 heteroatoms. The Morgan fingerprint density at radius 2 is 1.35 bits per heavy atom.